The molecular weight excluding hydrogens is 652 g/mol. The van der Waals surface area contributed by atoms with Crippen molar-refractivity contribution in [2.45, 2.75) is 83.7 Å². The van der Waals surface area contributed by atoms with Crippen molar-refractivity contribution in [2.24, 2.45) is 5.92 Å². The van der Waals surface area contributed by atoms with E-state index in [-0.39, 0.29) is 41.6 Å². The Morgan fingerprint density at radius 2 is 1.71 bits per heavy atom. The Kier molecular flexibility index (Phi) is 11.2. The maximum Gasteiger partial charge on any atom is 0.269 e. The van der Waals surface area contributed by atoms with Gasteiger partial charge in [-0.25, -0.2) is 8.78 Å². The Morgan fingerprint density at radius 3 is 2.37 bits per heavy atom. The van der Waals surface area contributed by atoms with Crippen LogP contribution in [0.15, 0.2) is 65.7 Å². The first-order valence-electron chi connectivity index (χ1n) is 17.9. The van der Waals surface area contributed by atoms with Gasteiger partial charge < -0.3 is 30.3 Å². The second-order valence-electron chi connectivity index (χ2n) is 14.3. The third-order valence-electron chi connectivity index (χ3n) is 10.2. The van der Waals surface area contributed by atoms with E-state index in [0.29, 0.717) is 47.3 Å². The molecule has 2 aromatic carbocycles. The molecule has 10 nitrogen and oxygen atoms in total. The fourth-order valence-corrected chi connectivity index (χ4v) is 6.86. The molecule has 2 unspecified atom stereocenters. The van der Waals surface area contributed by atoms with Crippen LogP contribution in [0.1, 0.15) is 73.1 Å². The van der Waals surface area contributed by atoms with Crippen LogP contribution >= 0.6 is 0 Å². The minimum atomic E-state index is -1.29. The molecule has 0 bridgehead atoms. The number of amides is 1. The molecule has 1 aliphatic carbocycles. The number of halogens is 2. The van der Waals surface area contributed by atoms with E-state index in [2.05, 4.69) is 20.1 Å². The SMILES string of the molecule is Cc1cn(Cc2cc(F)c(C(=O)NC3CCN(C4CCN(C5CC5)CC4)CC3F)cc2Oc2ccc(C(=N)/C=C\C(=N)C(C)C)cc2)c(=O)cn1. The van der Waals surface area contributed by atoms with Crippen LogP contribution < -0.4 is 15.6 Å². The Morgan fingerprint density at radius 1 is 1.02 bits per heavy atom. The molecule has 3 aliphatic rings. The Labute approximate surface area is 297 Å². The van der Waals surface area contributed by atoms with Crippen molar-refractivity contribution >= 4 is 17.3 Å². The fourth-order valence-electron chi connectivity index (χ4n) is 6.86. The third kappa shape index (κ3) is 9.04. The second-order valence-corrected chi connectivity index (χ2v) is 14.3. The van der Waals surface area contributed by atoms with E-state index in [4.69, 9.17) is 15.6 Å². The van der Waals surface area contributed by atoms with Crippen LogP contribution in [0.25, 0.3) is 0 Å². The topological polar surface area (TPSA) is 127 Å². The number of nitrogens with zero attached hydrogens (tertiary/aromatic N) is 4. The number of alkyl halides is 1. The van der Waals surface area contributed by atoms with Gasteiger partial charge in [0.25, 0.3) is 11.5 Å². The van der Waals surface area contributed by atoms with Gasteiger partial charge in [0.2, 0.25) is 0 Å². The molecular formula is C39H47F2N7O3. The predicted molar refractivity (Wildman–Crippen MR) is 194 cm³/mol. The number of allylic oxidation sites excluding steroid dienone is 2. The summed E-state index contributed by atoms with van der Waals surface area (Å²) < 4.78 is 38.8. The third-order valence-corrected chi connectivity index (χ3v) is 10.2. The van der Waals surface area contributed by atoms with Crippen LogP contribution in [0, 0.1) is 29.5 Å². The molecule has 6 rings (SSSR count). The summed E-state index contributed by atoms with van der Waals surface area (Å²) in [6.45, 7) is 8.51. The first kappa shape index (κ1) is 36.2. The summed E-state index contributed by atoms with van der Waals surface area (Å²) in [5.74, 6) is -0.985. The molecule has 3 N–H and O–H groups in total. The Hall–Kier alpha value is -4.55. The molecule has 0 spiro atoms. The van der Waals surface area contributed by atoms with Gasteiger partial charge in [-0.05, 0) is 112 Å². The molecule has 1 aromatic heterocycles. The average molecular weight is 700 g/mol. The number of ether oxygens (including phenoxy) is 1. The van der Waals surface area contributed by atoms with Gasteiger partial charge in [-0.15, -0.1) is 0 Å². The highest BCUT2D eigenvalue weighted by atomic mass is 19.1. The molecule has 270 valence electrons. The van der Waals surface area contributed by atoms with Crippen molar-refractivity contribution in [3.63, 3.8) is 0 Å². The van der Waals surface area contributed by atoms with Gasteiger partial charge in [0.15, 0.2) is 0 Å². The molecule has 12 heteroatoms. The Bertz CT molecular complexity index is 1850. The maximum absolute atomic E-state index is 15.7. The zero-order valence-electron chi connectivity index (χ0n) is 29.5. The second kappa shape index (κ2) is 15.8. The zero-order valence-corrected chi connectivity index (χ0v) is 29.5. The molecule has 1 amide bonds. The number of aromatic nitrogens is 2. The number of likely N-dealkylation sites (tertiary alicyclic amines) is 2. The van der Waals surface area contributed by atoms with Gasteiger partial charge in [0.1, 0.15) is 23.5 Å². The normalized spacial score (nSPS) is 20.5. The maximum atomic E-state index is 15.7. The summed E-state index contributed by atoms with van der Waals surface area (Å²) in [6, 6.07) is 9.49. The van der Waals surface area contributed by atoms with E-state index in [0.717, 1.165) is 32.0 Å². The van der Waals surface area contributed by atoms with Crippen molar-refractivity contribution in [3.8, 4) is 11.5 Å². The smallest absolute Gasteiger partial charge is 0.269 e. The van der Waals surface area contributed by atoms with E-state index in [1.165, 1.54) is 35.7 Å². The lowest BCUT2D eigenvalue weighted by Gasteiger charge is -2.43. The van der Waals surface area contributed by atoms with Gasteiger partial charge in [-0.2, -0.15) is 0 Å². The summed E-state index contributed by atoms with van der Waals surface area (Å²) >= 11 is 0. The molecule has 0 radical (unpaired) electrons. The van der Waals surface area contributed by atoms with Gasteiger partial charge in [-0.1, -0.05) is 13.8 Å². The highest BCUT2D eigenvalue weighted by Crippen LogP contribution is 2.32. The average Bonchev–Trinajstić information content (AvgIpc) is 3.97. The lowest BCUT2D eigenvalue weighted by atomic mass is 9.96. The number of carbonyl (C=O) groups excluding carboxylic acids is 1. The van der Waals surface area contributed by atoms with Crippen LogP contribution in [-0.2, 0) is 6.54 Å². The van der Waals surface area contributed by atoms with E-state index in [9.17, 15) is 9.59 Å². The highest BCUT2D eigenvalue weighted by molar-refractivity contribution is 6.10. The quantitative estimate of drug-likeness (QED) is 0.202. The number of piperidine rings is 2. The number of carbonyl (C=O) groups is 1. The lowest BCUT2D eigenvalue weighted by Crippen LogP contribution is -2.56. The first-order valence-corrected chi connectivity index (χ1v) is 17.9. The predicted octanol–water partition coefficient (Wildman–Crippen LogP) is 5.90. The van der Waals surface area contributed by atoms with E-state index in [1.807, 2.05) is 13.8 Å². The molecule has 3 aromatic rings. The zero-order chi connectivity index (χ0) is 36.2. The summed E-state index contributed by atoms with van der Waals surface area (Å²) in [6.07, 6.45) is 9.68. The van der Waals surface area contributed by atoms with Gasteiger partial charge in [-0.3, -0.25) is 19.5 Å². The molecule has 3 fully saturated rings. The summed E-state index contributed by atoms with van der Waals surface area (Å²) in [4.78, 5) is 34.9. The molecule has 2 aliphatic heterocycles. The van der Waals surface area contributed by atoms with Crippen LogP contribution in [0.5, 0.6) is 11.5 Å². The largest absolute Gasteiger partial charge is 0.457 e. The number of hydrogen-bond donors (Lipinski definition) is 3. The number of aryl methyl sites for hydroxylation is 1. The Balaban J connectivity index is 1.17. The van der Waals surface area contributed by atoms with Gasteiger partial charge in [0.05, 0.1) is 35.8 Å². The van der Waals surface area contributed by atoms with Crippen LogP contribution in [0.3, 0.4) is 0 Å². The summed E-state index contributed by atoms with van der Waals surface area (Å²) in [5, 5.41) is 19.1. The molecule has 2 atom stereocenters. The number of hydrogen-bond acceptors (Lipinski definition) is 8. The minimum Gasteiger partial charge on any atom is -0.457 e. The summed E-state index contributed by atoms with van der Waals surface area (Å²) in [7, 11) is 0. The van der Waals surface area contributed by atoms with Crippen molar-refractivity contribution in [1.82, 2.24) is 24.7 Å². The number of benzene rings is 2. The molecule has 51 heavy (non-hydrogen) atoms. The van der Waals surface area contributed by atoms with Gasteiger partial charge in [0, 0.05) is 42.6 Å². The van der Waals surface area contributed by atoms with Crippen molar-refractivity contribution in [3.05, 3.63) is 99.5 Å². The number of rotatable bonds is 12. The standard InChI is InChI=1S/C39H47F2N7O3/c1-24(2)34(42)10-11-35(43)26-4-8-30(9-5-26)51-37-19-31(32(40)18-27(37)22-48-21-25(3)44-20-38(48)49)39(50)45-36-14-17-47(23-33(36)41)29-12-15-46(16-13-29)28-6-7-28/h4-5,8-11,18-21,24,28-29,33,36,42-43H,6-7,12-17,22-23H2,1-3H3,(H,45,50)/b11-10-,42-34?,43-35?. The number of nitrogens with one attached hydrogen (secondary N) is 3. The summed E-state index contributed by atoms with van der Waals surface area (Å²) in [5.41, 5.74) is 1.47. The molecule has 2 saturated heterocycles. The van der Waals surface area contributed by atoms with Crippen LogP contribution in [0.4, 0.5) is 8.78 Å². The van der Waals surface area contributed by atoms with E-state index < -0.39 is 23.9 Å². The first-order chi connectivity index (χ1) is 24.4. The van der Waals surface area contributed by atoms with Crippen LogP contribution in [0.2, 0.25) is 0 Å². The van der Waals surface area contributed by atoms with Crippen molar-refractivity contribution in [2.75, 3.05) is 26.2 Å². The lowest BCUT2D eigenvalue weighted by molar-refractivity contribution is 0.0394. The van der Waals surface area contributed by atoms with Gasteiger partial charge >= 0.3 is 0 Å². The highest BCUT2D eigenvalue weighted by Gasteiger charge is 2.37. The van der Waals surface area contributed by atoms with Crippen molar-refractivity contribution < 1.29 is 18.3 Å². The monoisotopic (exact) mass is 699 g/mol. The fraction of sp³-hybridized carbons (Fsp3) is 0.462. The van der Waals surface area contributed by atoms with Crippen molar-refractivity contribution in [1.29, 1.82) is 10.8 Å². The van der Waals surface area contributed by atoms with E-state index in [1.54, 1.807) is 49.5 Å². The van der Waals surface area contributed by atoms with Crippen LogP contribution in [-0.4, -0.2) is 87.2 Å². The molecule has 3 heterocycles. The minimum absolute atomic E-state index is 0.0454. The molecule has 1 saturated carbocycles. The van der Waals surface area contributed by atoms with E-state index >= 15 is 8.78 Å².